The van der Waals surface area contributed by atoms with Crippen molar-refractivity contribution in [3.8, 4) is 0 Å². The van der Waals surface area contributed by atoms with Crippen molar-refractivity contribution in [2.24, 2.45) is 5.92 Å². The Morgan fingerprint density at radius 1 is 1.53 bits per heavy atom. The van der Waals surface area contributed by atoms with Crippen molar-refractivity contribution in [3.05, 3.63) is 29.0 Å². The van der Waals surface area contributed by atoms with E-state index in [0.717, 1.165) is 13.0 Å². The molecule has 1 unspecified atom stereocenters. The predicted octanol–water partition coefficient (Wildman–Crippen LogP) is 2.30. The van der Waals surface area contributed by atoms with Gasteiger partial charge in [0.25, 0.3) is 0 Å². The Hall–Kier alpha value is -0.800. The Morgan fingerprint density at radius 3 is 3.00 bits per heavy atom. The van der Waals surface area contributed by atoms with E-state index in [9.17, 15) is 4.39 Å². The molecule has 1 saturated heterocycles. The van der Waals surface area contributed by atoms with Crippen LogP contribution in [0.5, 0.6) is 0 Å². The van der Waals surface area contributed by atoms with E-state index in [1.54, 1.807) is 18.2 Å². The molecule has 1 aliphatic heterocycles. The second-order valence-corrected chi connectivity index (χ2v) is 4.26. The van der Waals surface area contributed by atoms with E-state index in [2.05, 4.69) is 0 Å². The fourth-order valence-electron chi connectivity index (χ4n) is 1.94. The molecule has 0 saturated carbocycles. The first-order valence-corrected chi connectivity index (χ1v) is 5.40. The maximum Gasteiger partial charge on any atom is 0.165 e. The number of benzene rings is 1. The van der Waals surface area contributed by atoms with E-state index in [1.165, 1.54) is 0 Å². The standard InChI is InChI=1S/C11H13ClFNO/c12-9-2-1-3-10(11(9)13)14-5-4-8(6-14)7-15/h1-3,8,15H,4-7H2. The molecule has 0 aliphatic carbocycles. The molecule has 2 nitrogen and oxygen atoms in total. The third kappa shape index (κ3) is 2.08. The number of hydrogen-bond acceptors (Lipinski definition) is 2. The van der Waals surface area contributed by atoms with E-state index in [0.29, 0.717) is 12.2 Å². The summed E-state index contributed by atoms with van der Waals surface area (Å²) in [4.78, 5) is 1.93. The van der Waals surface area contributed by atoms with Gasteiger partial charge in [-0.3, -0.25) is 0 Å². The second-order valence-electron chi connectivity index (χ2n) is 3.86. The molecule has 2 rings (SSSR count). The summed E-state index contributed by atoms with van der Waals surface area (Å²) in [5.41, 5.74) is 0.540. The zero-order valence-corrected chi connectivity index (χ0v) is 9.04. The van der Waals surface area contributed by atoms with Crippen LogP contribution in [0.25, 0.3) is 0 Å². The molecule has 0 aromatic heterocycles. The third-order valence-electron chi connectivity index (χ3n) is 2.82. The van der Waals surface area contributed by atoms with E-state index in [1.807, 2.05) is 4.90 Å². The molecule has 0 bridgehead atoms. The minimum absolute atomic E-state index is 0.153. The van der Waals surface area contributed by atoms with Crippen molar-refractivity contribution in [2.45, 2.75) is 6.42 Å². The highest BCUT2D eigenvalue weighted by atomic mass is 35.5. The summed E-state index contributed by atoms with van der Waals surface area (Å²) in [5, 5.41) is 9.16. The van der Waals surface area contributed by atoms with E-state index in [-0.39, 0.29) is 23.4 Å². The number of rotatable bonds is 2. The van der Waals surface area contributed by atoms with Crippen LogP contribution in [0.2, 0.25) is 5.02 Å². The monoisotopic (exact) mass is 229 g/mol. The lowest BCUT2D eigenvalue weighted by Crippen LogP contribution is -2.21. The number of nitrogens with zero attached hydrogens (tertiary/aromatic N) is 1. The van der Waals surface area contributed by atoms with Gasteiger partial charge in [0.15, 0.2) is 5.82 Å². The molecule has 0 amide bonds. The van der Waals surface area contributed by atoms with E-state index >= 15 is 0 Å². The number of hydrogen-bond donors (Lipinski definition) is 1. The fourth-order valence-corrected chi connectivity index (χ4v) is 2.11. The lowest BCUT2D eigenvalue weighted by molar-refractivity contribution is 0.238. The van der Waals surface area contributed by atoms with Crippen LogP contribution in [0.3, 0.4) is 0 Å². The van der Waals surface area contributed by atoms with Gasteiger partial charge in [-0.2, -0.15) is 0 Å². The average Bonchev–Trinajstić information content (AvgIpc) is 2.70. The first-order valence-electron chi connectivity index (χ1n) is 5.02. The van der Waals surface area contributed by atoms with Crippen LogP contribution in [-0.4, -0.2) is 24.8 Å². The van der Waals surface area contributed by atoms with Gasteiger partial charge in [0.2, 0.25) is 0 Å². The highest BCUT2D eigenvalue weighted by Gasteiger charge is 2.24. The summed E-state index contributed by atoms with van der Waals surface area (Å²) in [6.07, 6.45) is 0.905. The summed E-state index contributed by atoms with van der Waals surface area (Å²) in [5.74, 6) is -0.110. The highest BCUT2D eigenvalue weighted by Crippen LogP contribution is 2.29. The summed E-state index contributed by atoms with van der Waals surface area (Å²) in [6.45, 7) is 1.65. The van der Waals surface area contributed by atoms with Gasteiger partial charge in [-0.1, -0.05) is 17.7 Å². The summed E-state index contributed by atoms with van der Waals surface area (Å²) >= 11 is 5.71. The van der Waals surface area contributed by atoms with E-state index < -0.39 is 0 Å². The minimum Gasteiger partial charge on any atom is -0.396 e. The second kappa shape index (κ2) is 4.37. The molecule has 1 aromatic rings. The first kappa shape index (κ1) is 10.7. The van der Waals surface area contributed by atoms with Gasteiger partial charge in [0, 0.05) is 25.6 Å². The van der Waals surface area contributed by atoms with E-state index in [4.69, 9.17) is 16.7 Å². The molecule has 0 spiro atoms. The predicted molar refractivity (Wildman–Crippen MR) is 58.8 cm³/mol. The van der Waals surface area contributed by atoms with Crippen molar-refractivity contribution in [1.82, 2.24) is 0 Å². The van der Waals surface area contributed by atoms with Crippen LogP contribution in [0.15, 0.2) is 18.2 Å². The summed E-state index contributed by atoms with van der Waals surface area (Å²) in [7, 11) is 0. The van der Waals surface area contributed by atoms with Crippen molar-refractivity contribution in [1.29, 1.82) is 0 Å². The van der Waals surface area contributed by atoms with Crippen LogP contribution in [0, 0.1) is 11.7 Å². The van der Waals surface area contributed by atoms with Gasteiger partial charge in [0.05, 0.1) is 10.7 Å². The molecule has 1 N–H and O–H groups in total. The van der Waals surface area contributed by atoms with Gasteiger partial charge < -0.3 is 10.0 Å². The lowest BCUT2D eigenvalue weighted by Gasteiger charge is -2.19. The van der Waals surface area contributed by atoms with Gasteiger partial charge in [-0.25, -0.2) is 4.39 Å². The third-order valence-corrected chi connectivity index (χ3v) is 3.11. The van der Waals surface area contributed by atoms with Crippen LogP contribution >= 0.6 is 11.6 Å². The minimum atomic E-state index is -0.363. The van der Waals surface area contributed by atoms with Crippen molar-refractivity contribution in [2.75, 3.05) is 24.6 Å². The highest BCUT2D eigenvalue weighted by molar-refractivity contribution is 6.31. The topological polar surface area (TPSA) is 23.5 Å². The number of aliphatic hydroxyl groups excluding tert-OH is 1. The van der Waals surface area contributed by atoms with Crippen LogP contribution < -0.4 is 4.90 Å². The van der Waals surface area contributed by atoms with Crippen molar-refractivity contribution in [3.63, 3.8) is 0 Å². The molecule has 1 aromatic carbocycles. The fraction of sp³-hybridized carbons (Fsp3) is 0.455. The summed E-state index contributed by atoms with van der Waals surface area (Å²) in [6, 6.07) is 5.01. The average molecular weight is 230 g/mol. The molecule has 15 heavy (non-hydrogen) atoms. The Morgan fingerprint density at radius 2 is 2.33 bits per heavy atom. The Bertz CT molecular complexity index is 358. The lowest BCUT2D eigenvalue weighted by atomic mass is 10.1. The molecule has 0 radical (unpaired) electrons. The number of anilines is 1. The maximum absolute atomic E-state index is 13.6. The molecule has 1 atom stereocenters. The molecule has 1 fully saturated rings. The van der Waals surface area contributed by atoms with Crippen molar-refractivity contribution >= 4 is 17.3 Å². The molecule has 82 valence electrons. The van der Waals surface area contributed by atoms with Crippen LogP contribution in [-0.2, 0) is 0 Å². The SMILES string of the molecule is OCC1CCN(c2cccc(Cl)c2F)C1. The van der Waals surface area contributed by atoms with Gasteiger partial charge >= 0.3 is 0 Å². The zero-order valence-electron chi connectivity index (χ0n) is 8.29. The van der Waals surface area contributed by atoms with Crippen LogP contribution in [0.4, 0.5) is 10.1 Å². The first-order chi connectivity index (χ1) is 7.22. The largest absolute Gasteiger partial charge is 0.396 e. The maximum atomic E-state index is 13.6. The molecule has 1 aliphatic rings. The smallest absolute Gasteiger partial charge is 0.165 e. The number of halogens is 2. The molecular formula is C11H13ClFNO. The van der Waals surface area contributed by atoms with Crippen LogP contribution in [0.1, 0.15) is 6.42 Å². The Balaban J connectivity index is 2.20. The molecular weight excluding hydrogens is 217 g/mol. The quantitative estimate of drug-likeness (QED) is 0.841. The van der Waals surface area contributed by atoms with Gasteiger partial charge in [-0.05, 0) is 18.6 Å². The number of aliphatic hydroxyl groups is 1. The zero-order chi connectivity index (χ0) is 10.8. The molecule has 4 heteroatoms. The normalized spacial score (nSPS) is 21.0. The molecule has 1 heterocycles. The Kier molecular flexibility index (Phi) is 3.12. The summed E-state index contributed by atoms with van der Waals surface area (Å²) < 4.78 is 13.6. The van der Waals surface area contributed by atoms with Crippen molar-refractivity contribution < 1.29 is 9.50 Å². The van der Waals surface area contributed by atoms with Gasteiger partial charge in [0.1, 0.15) is 0 Å². The Labute approximate surface area is 93.3 Å². The van der Waals surface area contributed by atoms with Gasteiger partial charge in [-0.15, -0.1) is 0 Å².